The van der Waals surface area contributed by atoms with E-state index in [0.29, 0.717) is 29.3 Å². The molecule has 1 saturated heterocycles. The molecule has 3 amide bonds. The second-order valence-electron chi connectivity index (χ2n) is 9.72. The van der Waals surface area contributed by atoms with Gasteiger partial charge < -0.3 is 4.74 Å². The highest BCUT2D eigenvalue weighted by Crippen LogP contribution is 2.49. The van der Waals surface area contributed by atoms with Crippen LogP contribution in [0.25, 0.3) is 11.3 Å². The third kappa shape index (κ3) is 5.14. The van der Waals surface area contributed by atoms with Gasteiger partial charge in [0.15, 0.2) is 0 Å². The summed E-state index contributed by atoms with van der Waals surface area (Å²) < 4.78 is 33.2. The van der Waals surface area contributed by atoms with Gasteiger partial charge in [0.05, 0.1) is 16.8 Å². The number of hydrogen-bond acceptors (Lipinski definition) is 6. The molecule has 2 fully saturated rings. The molecular formula is C27H27F2N5O3. The van der Waals surface area contributed by atoms with E-state index in [1.54, 1.807) is 43.6 Å². The van der Waals surface area contributed by atoms with Crippen LogP contribution >= 0.6 is 0 Å². The van der Waals surface area contributed by atoms with Crippen LogP contribution in [0.4, 0.5) is 19.4 Å². The van der Waals surface area contributed by atoms with Crippen molar-refractivity contribution in [1.29, 1.82) is 0 Å². The number of alkyl halides is 2. The second kappa shape index (κ2) is 9.49. The van der Waals surface area contributed by atoms with E-state index in [1.165, 1.54) is 0 Å². The molecule has 4 heterocycles. The van der Waals surface area contributed by atoms with Gasteiger partial charge in [0.1, 0.15) is 17.3 Å². The number of halogens is 2. The predicted molar refractivity (Wildman–Crippen MR) is 132 cm³/mol. The lowest BCUT2D eigenvalue weighted by Gasteiger charge is -2.35. The summed E-state index contributed by atoms with van der Waals surface area (Å²) in [5.41, 5.74) is 2.17. The first-order valence-electron chi connectivity index (χ1n) is 12.2. The van der Waals surface area contributed by atoms with Gasteiger partial charge in [0.25, 0.3) is 0 Å². The first kappa shape index (κ1) is 24.7. The van der Waals surface area contributed by atoms with Crippen molar-refractivity contribution in [2.75, 3.05) is 11.9 Å². The zero-order chi connectivity index (χ0) is 26.2. The standard InChI is InChI=1S/C27H27F2N5O3/c1-17-3-4-19(16-31-17)21-15-20(7-13-30-21)37-22-5-6-23(32-18(22)2)33-25(36)34-14-12-26(24(34)35)8-10-27(28,29)11-9-26/h3-7,13,15-16H,8-12,14H2,1-2H3,(H,32,33,36). The van der Waals surface area contributed by atoms with E-state index >= 15 is 0 Å². The number of imide groups is 1. The molecule has 192 valence electrons. The largest absolute Gasteiger partial charge is 0.455 e. The van der Waals surface area contributed by atoms with E-state index in [4.69, 9.17) is 4.74 Å². The number of urea groups is 1. The van der Waals surface area contributed by atoms with Gasteiger partial charge in [0.2, 0.25) is 11.8 Å². The fourth-order valence-corrected chi connectivity index (χ4v) is 4.85. The number of carbonyl (C=O) groups excluding carboxylic acids is 2. The highest BCUT2D eigenvalue weighted by atomic mass is 19.3. The molecule has 1 aliphatic carbocycles. The van der Waals surface area contributed by atoms with Gasteiger partial charge in [-0.15, -0.1) is 0 Å². The Hall–Kier alpha value is -3.95. The highest BCUT2D eigenvalue weighted by molar-refractivity contribution is 6.04. The molecular weight excluding hydrogens is 480 g/mol. The normalized spacial score (nSPS) is 18.2. The maximum atomic E-state index is 13.6. The Bertz CT molecular complexity index is 1340. The van der Waals surface area contributed by atoms with E-state index in [0.717, 1.165) is 16.2 Å². The number of nitrogens with one attached hydrogen (secondary N) is 1. The number of ether oxygens (including phenoxy) is 1. The molecule has 3 aromatic rings. The fourth-order valence-electron chi connectivity index (χ4n) is 4.85. The SMILES string of the molecule is Cc1ccc(-c2cc(Oc3ccc(NC(=O)N4CCC5(CCC(F)(F)CC5)C4=O)nc3C)ccn2)cn1. The Morgan fingerprint density at radius 1 is 1.03 bits per heavy atom. The number of nitrogens with zero attached hydrogens (tertiary/aromatic N) is 4. The maximum Gasteiger partial charge on any atom is 0.329 e. The number of likely N-dealkylation sites (tertiary alicyclic amines) is 1. The number of hydrogen-bond donors (Lipinski definition) is 1. The van der Waals surface area contributed by atoms with E-state index < -0.39 is 17.4 Å². The highest BCUT2D eigenvalue weighted by Gasteiger charge is 2.53. The molecule has 2 aliphatic rings. The van der Waals surface area contributed by atoms with Crippen molar-refractivity contribution in [1.82, 2.24) is 19.9 Å². The van der Waals surface area contributed by atoms with Gasteiger partial charge in [0, 0.05) is 49.1 Å². The molecule has 1 N–H and O–H groups in total. The van der Waals surface area contributed by atoms with Crippen LogP contribution in [0.1, 0.15) is 43.5 Å². The molecule has 10 heteroatoms. The molecule has 0 bridgehead atoms. The fraction of sp³-hybridized carbons (Fsp3) is 0.370. The van der Waals surface area contributed by atoms with Crippen molar-refractivity contribution < 1.29 is 23.1 Å². The van der Waals surface area contributed by atoms with Crippen LogP contribution in [0.5, 0.6) is 11.5 Å². The lowest BCUT2D eigenvalue weighted by atomic mass is 9.72. The molecule has 1 aliphatic heterocycles. The number of aryl methyl sites for hydroxylation is 2. The lowest BCUT2D eigenvalue weighted by molar-refractivity contribution is -0.140. The molecule has 1 saturated carbocycles. The number of carbonyl (C=O) groups is 2. The van der Waals surface area contributed by atoms with Gasteiger partial charge >= 0.3 is 6.03 Å². The van der Waals surface area contributed by atoms with E-state index in [9.17, 15) is 18.4 Å². The monoisotopic (exact) mass is 507 g/mol. The van der Waals surface area contributed by atoms with Crippen LogP contribution in [0.2, 0.25) is 0 Å². The van der Waals surface area contributed by atoms with E-state index in [1.807, 2.05) is 19.1 Å². The Kier molecular flexibility index (Phi) is 6.35. The topological polar surface area (TPSA) is 97.3 Å². The van der Waals surface area contributed by atoms with Crippen LogP contribution in [0.15, 0.2) is 48.8 Å². The van der Waals surface area contributed by atoms with Crippen LogP contribution in [0.3, 0.4) is 0 Å². The molecule has 37 heavy (non-hydrogen) atoms. The van der Waals surface area contributed by atoms with Crippen molar-refractivity contribution in [2.24, 2.45) is 5.41 Å². The van der Waals surface area contributed by atoms with Crippen molar-refractivity contribution in [3.05, 3.63) is 60.2 Å². The van der Waals surface area contributed by atoms with Crippen molar-refractivity contribution >= 4 is 17.8 Å². The first-order chi connectivity index (χ1) is 17.6. The summed E-state index contributed by atoms with van der Waals surface area (Å²) in [5, 5.41) is 2.65. The Morgan fingerprint density at radius 2 is 1.81 bits per heavy atom. The quantitative estimate of drug-likeness (QED) is 0.472. The van der Waals surface area contributed by atoms with E-state index in [2.05, 4.69) is 20.3 Å². The zero-order valence-electron chi connectivity index (χ0n) is 20.6. The van der Waals surface area contributed by atoms with Crippen molar-refractivity contribution in [3.8, 4) is 22.8 Å². The second-order valence-corrected chi connectivity index (χ2v) is 9.72. The lowest BCUT2D eigenvalue weighted by Crippen LogP contribution is -2.43. The van der Waals surface area contributed by atoms with Crippen molar-refractivity contribution in [3.63, 3.8) is 0 Å². The minimum atomic E-state index is -2.73. The summed E-state index contributed by atoms with van der Waals surface area (Å²) in [6.45, 7) is 3.87. The number of amides is 3. The van der Waals surface area contributed by atoms with E-state index in [-0.39, 0.29) is 44.0 Å². The summed E-state index contributed by atoms with van der Waals surface area (Å²) >= 11 is 0. The predicted octanol–water partition coefficient (Wildman–Crippen LogP) is 5.91. The molecule has 0 unspecified atom stereocenters. The van der Waals surface area contributed by atoms with Gasteiger partial charge in [-0.3, -0.25) is 25.0 Å². The average Bonchev–Trinajstić information content (AvgIpc) is 3.19. The number of rotatable bonds is 4. The molecule has 0 radical (unpaired) electrons. The first-order valence-corrected chi connectivity index (χ1v) is 12.2. The van der Waals surface area contributed by atoms with Crippen LogP contribution < -0.4 is 10.1 Å². The molecule has 3 aromatic heterocycles. The van der Waals surface area contributed by atoms with Gasteiger partial charge in [-0.05, 0) is 63.4 Å². The van der Waals surface area contributed by atoms with Crippen LogP contribution in [-0.2, 0) is 4.79 Å². The van der Waals surface area contributed by atoms with Gasteiger partial charge in [-0.2, -0.15) is 0 Å². The minimum Gasteiger partial charge on any atom is -0.455 e. The smallest absolute Gasteiger partial charge is 0.329 e. The maximum absolute atomic E-state index is 13.6. The minimum absolute atomic E-state index is 0.100. The Morgan fingerprint density at radius 3 is 2.51 bits per heavy atom. The van der Waals surface area contributed by atoms with Crippen molar-refractivity contribution in [2.45, 2.75) is 51.9 Å². The van der Waals surface area contributed by atoms with Crippen LogP contribution in [0, 0.1) is 19.3 Å². The molecule has 1 spiro atoms. The zero-order valence-corrected chi connectivity index (χ0v) is 20.6. The van der Waals surface area contributed by atoms with Gasteiger partial charge in [-0.1, -0.05) is 0 Å². The summed E-state index contributed by atoms with van der Waals surface area (Å²) in [6.07, 6.45) is 3.36. The summed E-state index contributed by atoms with van der Waals surface area (Å²) in [6, 6.07) is 10.0. The molecule has 0 atom stereocenters. The number of anilines is 1. The number of aromatic nitrogens is 3. The summed E-state index contributed by atoms with van der Waals surface area (Å²) in [5.74, 6) is -1.79. The molecule has 5 rings (SSSR count). The van der Waals surface area contributed by atoms with Gasteiger partial charge in [-0.25, -0.2) is 18.6 Å². The Labute approximate surface area is 213 Å². The third-order valence-corrected chi connectivity index (χ3v) is 7.14. The summed E-state index contributed by atoms with van der Waals surface area (Å²) in [7, 11) is 0. The summed E-state index contributed by atoms with van der Waals surface area (Å²) in [4.78, 5) is 40.0. The molecule has 0 aromatic carbocycles. The Balaban J connectivity index is 1.24. The van der Waals surface area contributed by atoms with Crippen LogP contribution in [-0.4, -0.2) is 44.3 Å². The third-order valence-electron chi connectivity index (χ3n) is 7.14. The average molecular weight is 508 g/mol. The number of pyridine rings is 3. The molecule has 8 nitrogen and oxygen atoms in total.